The van der Waals surface area contributed by atoms with Gasteiger partial charge in [0, 0.05) is 37.6 Å². The van der Waals surface area contributed by atoms with Crippen LogP contribution >= 0.6 is 11.6 Å². The highest BCUT2D eigenvalue weighted by Gasteiger charge is 2.22. The van der Waals surface area contributed by atoms with Gasteiger partial charge >= 0.3 is 0 Å². The molecule has 1 N–H and O–H groups in total. The van der Waals surface area contributed by atoms with Crippen LogP contribution in [-0.4, -0.2) is 30.4 Å². The molecule has 1 aliphatic rings. The molecule has 1 unspecified atom stereocenters. The number of likely N-dealkylation sites (N-methyl/N-ethyl adjacent to an activating group) is 1. The van der Waals surface area contributed by atoms with E-state index in [2.05, 4.69) is 11.4 Å². The molecule has 19 heavy (non-hydrogen) atoms. The molecule has 1 aromatic carbocycles. The van der Waals surface area contributed by atoms with Gasteiger partial charge in [0.15, 0.2) is 0 Å². The molecule has 0 spiro atoms. The third-order valence-corrected chi connectivity index (χ3v) is 3.74. The zero-order valence-corrected chi connectivity index (χ0v) is 11.6. The molecule has 1 amide bonds. The van der Waals surface area contributed by atoms with Crippen LogP contribution in [0.2, 0.25) is 5.02 Å². The van der Waals surface area contributed by atoms with Gasteiger partial charge in [-0.1, -0.05) is 17.7 Å². The Kier molecular flexibility index (Phi) is 4.41. The van der Waals surface area contributed by atoms with Crippen molar-refractivity contribution in [2.24, 2.45) is 0 Å². The molecule has 0 saturated carbocycles. The van der Waals surface area contributed by atoms with Crippen molar-refractivity contribution in [3.8, 4) is 6.07 Å². The van der Waals surface area contributed by atoms with E-state index >= 15 is 0 Å². The quantitative estimate of drug-likeness (QED) is 0.918. The third kappa shape index (κ3) is 3.46. The van der Waals surface area contributed by atoms with E-state index < -0.39 is 0 Å². The van der Waals surface area contributed by atoms with Crippen molar-refractivity contribution >= 4 is 17.5 Å². The Morgan fingerprint density at radius 1 is 1.58 bits per heavy atom. The molecule has 2 rings (SSSR count). The predicted molar refractivity (Wildman–Crippen MR) is 73.7 cm³/mol. The molecule has 1 aliphatic heterocycles. The molecule has 0 aromatic heterocycles. The molecule has 1 atom stereocenters. The van der Waals surface area contributed by atoms with Crippen molar-refractivity contribution in [3.05, 3.63) is 34.3 Å². The van der Waals surface area contributed by atoms with Crippen molar-refractivity contribution in [2.75, 3.05) is 13.6 Å². The minimum Gasteiger partial charge on any atom is -0.344 e. The molecule has 0 aliphatic carbocycles. The summed E-state index contributed by atoms with van der Waals surface area (Å²) in [5, 5.41) is 12.8. The predicted octanol–water partition coefficient (Wildman–Crippen LogP) is 1.92. The van der Waals surface area contributed by atoms with Crippen molar-refractivity contribution in [3.63, 3.8) is 0 Å². The minimum atomic E-state index is 0.203. The largest absolute Gasteiger partial charge is 0.344 e. The lowest BCUT2D eigenvalue weighted by atomic mass is 10.0. The number of likely N-dealkylation sites (tertiary alicyclic amines) is 1. The Morgan fingerprint density at radius 3 is 3.00 bits per heavy atom. The number of hydrogen-bond acceptors (Lipinski definition) is 3. The first-order chi connectivity index (χ1) is 9.10. The molecule has 1 heterocycles. The number of nitrogens with one attached hydrogen (secondary N) is 1. The standard InChI is InChI=1S/C14H16ClN3O/c1-18-9-12(4-5-14(18)19)17-8-11-3-2-10(7-16)6-13(11)15/h2-3,6,12,17H,4-5,8-9H2,1H3. The van der Waals surface area contributed by atoms with Gasteiger partial charge in [0.25, 0.3) is 0 Å². The average molecular weight is 278 g/mol. The number of amides is 1. The first-order valence-electron chi connectivity index (χ1n) is 6.26. The summed E-state index contributed by atoms with van der Waals surface area (Å²) in [7, 11) is 1.82. The van der Waals surface area contributed by atoms with Crippen LogP contribution < -0.4 is 5.32 Å². The smallest absolute Gasteiger partial charge is 0.222 e. The number of nitriles is 1. The van der Waals surface area contributed by atoms with Gasteiger partial charge in [0.05, 0.1) is 11.6 Å². The summed E-state index contributed by atoms with van der Waals surface area (Å²) >= 11 is 6.12. The fourth-order valence-corrected chi connectivity index (χ4v) is 2.44. The van der Waals surface area contributed by atoms with Gasteiger partial charge in [0.1, 0.15) is 0 Å². The summed E-state index contributed by atoms with van der Waals surface area (Å²) in [6.45, 7) is 1.38. The van der Waals surface area contributed by atoms with Crippen LogP contribution in [0.15, 0.2) is 18.2 Å². The van der Waals surface area contributed by atoms with E-state index in [1.54, 1.807) is 17.0 Å². The topological polar surface area (TPSA) is 56.1 Å². The number of rotatable bonds is 3. The van der Waals surface area contributed by atoms with Crippen molar-refractivity contribution in [2.45, 2.75) is 25.4 Å². The van der Waals surface area contributed by atoms with Crippen molar-refractivity contribution in [1.82, 2.24) is 10.2 Å². The number of carbonyl (C=O) groups excluding carboxylic acids is 1. The van der Waals surface area contributed by atoms with Crippen LogP contribution in [0.4, 0.5) is 0 Å². The number of hydrogen-bond donors (Lipinski definition) is 1. The minimum absolute atomic E-state index is 0.203. The van der Waals surface area contributed by atoms with Crippen LogP contribution in [0.5, 0.6) is 0 Å². The second-order valence-electron chi connectivity index (χ2n) is 4.81. The summed E-state index contributed by atoms with van der Waals surface area (Å²) < 4.78 is 0. The molecule has 1 fully saturated rings. The number of halogens is 1. The van der Waals surface area contributed by atoms with Gasteiger partial charge < -0.3 is 10.2 Å². The number of nitrogens with zero attached hydrogens (tertiary/aromatic N) is 2. The van der Waals surface area contributed by atoms with E-state index in [0.29, 0.717) is 29.6 Å². The first kappa shape index (κ1) is 13.9. The number of benzene rings is 1. The summed E-state index contributed by atoms with van der Waals surface area (Å²) in [6, 6.07) is 7.67. The molecule has 0 bridgehead atoms. The lowest BCUT2D eigenvalue weighted by molar-refractivity contribution is -0.132. The Balaban J connectivity index is 1.92. The Bertz CT molecular complexity index is 524. The molecule has 5 heteroatoms. The Morgan fingerprint density at radius 2 is 2.37 bits per heavy atom. The molecule has 1 aromatic rings. The fourth-order valence-electron chi connectivity index (χ4n) is 2.19. The van der Waals surface area contributed by atoms with Crippen LogP contribution in [0, 0.1) is 11.3 Å². The highest BCUT2D eigenvalue weighted by atomic mass is 35.5. The van der Waals surface area contributed by atoms with Crippen LogP contribution in [0.25, 0.3) is 0 Å². The summed E-state index contributed by atoms with van der Waals surface area (Å²) in [6.07, 6.45) is 1.45. The van der Waals surface area contributed by atoms with Crippen LogP contribution in [0.3, 0.4) is 0 Å². The van der Waals surface area contributed by atoms with E-state index in [9.17, 15) is 4.79 Å². The Labute approximate surface area is 118 Å². The summed E-state index contributed by atoms with van der Waals surface area (Å²) in [4.78, 5) is 13.1. The van der Waals surface area contributed by atoms with E-state index in [1.807, 2.05) is 13.1 Å². The third-order valence-electron chi connectivity index (χ3n) is 3.39. The average Bonchev–Trinajstić information content (AvgIpc) is 2.41. The maximum Gasteiger partial charge on any atom is 0.222 e. The molecule has 1 saturated heterocycles. The maximum atomic E-state index is 11.4. The van der Waals surface area contributed by atoms with E-state index in [1.165, 1.54) is 0 Å². The normalized spacial score (nSPS) is 19.3. The zero-order valence-electron chi connectivity index (χ0n) is 10.8. The fraction of sp³-hybridized carbons (Fsp3) is 0.429. The monoisotopic (exact) mass is 277 g/mol. The second kappa shape index (κ2) is 6.05. The van der Waals surface area contributed by atoms with Gasteiger partial charge in [-0.05, 0) is 24.1 Å². The van der Waals surface area contributed by atoms with Gasteiger partial charge in [-0.2, -0.15) is 5.26 Å². The van der Waals surface area contributed by atoms with E-state index in [-0.39, 0.29) is 5.91 Å². The second-order valence-corrected chi connectivity index (χ2v) is 5.22. The summed E-state index contributed by atoms with van der Waals surface area (Å²) in [5.41, 5.74) is 1.54. The van der Waals surface area contributed by atoms with Crippen molar-refractivity contribution in [1.29, 1.82) is 5.26 Å². The number of piperidine rings is 1. The van der Waals surface area contributed by atoms with Crippen LogP contribution in [-0.2, 0) is 11.3 Å². The SMILES string of the molecule is CN1CC(NCc2ccc(C#N)cc2Cl)CCC1=O. The van der Waals surface area contributed by atoms with Gasteiger partial charge in [-0.3, -0.25) is 4.79 Å². The van der Waals surface area contributed by atoms with Crippen molar-refractivity contribution < 1.29 is 4.79 Å². The summed E-state index contributed by atoms with van der Waals surface area (Å²) in [5.74, 6) is 0.203. The lowest BCUT2D eigenvalue weighted by Crippen LogP contribution is -2.46. The number of carbonyl (C=O) groups is 1. The molecule has 100 valence electrons. The van der Waals surface area contributed by atoms with Crippen LogP contribution in [0.1, 0.15) is 24.0 Å². The van der Waals surface area contributed by atoms with E-state index in [4.69, 9.17) is 16.9 Å². The zero-order chi connectivity index (χ0) is 13.8. The van der Waals surface area contributed by atoms with Gasteiger partial charge in [-0.25, -0.2) is 0 Å². The molecular formula is C14H16ClN3O. The first-order valence-corrected chi connectivity index (χ1v) is 6.64. The van der Waals surface area contributed by atoms with Gasteiger partial charge in [0.2, 0.25) is 5.91 Å². The maximum absolute atomic E-state index is 11.4. The molecule has 0 radical (unpaired) electrons. The molecule has 4 nitrogen and oxygen atoms in total. The lowest BCUT2D eigenvalue weighted by Gasteiger charge is -2.30. The highest BCUT2D eigenvalue weighted by Crippen LogP contribution is 2.18. The van der Waals surface area contributed by atoms with E-state index in [0.717, 1.165) is 18.5 Å². The highest BCUT2D eigenvalue weighted by molar-refractivity contribution is 6.31. The molecular weight excluding hydrogens is 262 g/mol. The van der Waals surface area contributed by atoms with Gasteiger partial charge in [-0.15, -0.1) is 0 Å². The Hall–Kier alpha value is -1.57.